The van der Waals surface area contributed by atoms with Crippen molar-refractivity contribution in [2.75, 3.05) is 13.1 Å². The van der Waals surface area contributed by atoms with E-state index in [-0.39, 0.29) is 22.4 Å². The second-order valence-electron chi connectivity index (χ2n) is 6.11. The molecule has 1 N–H and O–H groups in total. The Morgan fingerprint density at radius 3 is 2.44 bits per heavy atom. The average molecular weight is 380 g/mol. The summed E-state index contributed by atoms with van der Waals surface area (Å²) in [4.78, 5) is 24.7. The molecule has 0 bridgehead atoms. The first-order chi connectivity index (χ1) is 11.5. The van der Waals surface area contributed by atoms with E-state index in [4.69, 9.17) is 21.4 Å². The molecule has 1 fully saturated rings. The number of likely N-dealkylation sites (tertiary alicyclic amines) is 1. The molecule has 2 rings (SSSR count). The number of carboxylic acids is 1. The monoisotopic (exact) mass is 379 g/mol. The summed E-state index contributed by atoms with van der Waals surface area (Å²) in [5, 5.41) is 9.27. The molecule has 1 aromatic rings. The molecule has 0 aliphatic carbocycles. The molecule has 0 saturated carbocycles. The summed E-state index contributed by atoms with van der Waals surface area (Å²) in [6.07, 6.45) is -4.97. The highest BCUT2D eigenvalue weighted by atomic mass is 35.5. The lowest BCUT2D eigenvalue weighted by molar-refractivity contribution is -0.187. The molecule has 138 valence electrons. The van der Waals surface area contributed by atoms with Gasteiger partial charge in [-0.3, -0.25) is 9.59 Å². The Morgan fingerprint density at radius 1 is 1.32 bits per heavy atom. The van der Waals surface area contributed by atoms with Crippen LogP contribution in [0.1, 0.15) is 24.2 Å². The van der Waals surface area contributed by atoms with Crippen LogP contribution in [0.4, 0.5) is 13.2 Å². The molecular formula is C16H17ClF3NO4. The molecule has 1 amide bonds. The average Bonchev–Trinajstić information content (AvgIpc) is 2.93. The summed E-state index contributed by atoms with van der Waals surface area (Å²) in [5.74, 6) is -5.94. The van der Waals surface area contributed by atoms with Crippen molar-refractivity contribution in [2.24, 2.45) is 11.8 Å². The van der Waals surface area contributed by atoms with E-state index in [1.54, 1.807) is 13.8 Å². The zero-order valence-electron chi connectivity index (χ0n) is 13.5. The van der Waals surface area contributed by atoms with Crippen LogP contribution in [0.2, 0.25) is 5.02 Å². The molecular weight excluding hydrogens is 363 g/mol. The van der Waals surface area contributed by atoms with Crippen molar-refractivity contribution in [2.45, 2.75) is 26.1 Å². The number of carbonyl (C=O) groups is 2. The number of carbonyl (C=O) groups excluding carboxylic acids is 1. The SMILES string of the molecule is CC(C)Oc1ccc(Cl)cc1C(=O)N1C[C@@H](C(F)(F)F)[C@H](C(=O)O)C1. The van der Waals surface area contributed by atoms with Crippen molar-refractivity contribution >= 4 is 23.5 Å². The van der Waals surface area contributed by atoms with Gasteiger partial charge >= 0.3 is 12.1 Å². The van der Waals surface area contributed by atoms with Gasteiger partial charge in [0.05, 0.1) is 23.5 Å². The smallest absolute Gasteiger partial charge is 0.394 e. The number of hydrogen-bond acceptors (Lipinski definition) is 3. The van der Waals surface area contributed by atoms with Gasteiger partial charge in [-0.2, -0.15) is 13.2 Å². The molecule has 1 saturated heterocycles. The largest absolute Gasteiger partial charge is 0.490 e. The van der Waals surface area contributed by atoms with Gasteiger partial charge in [-0.05, 0) is 32.0 Å². The van der Waals surface area contributed by atoms with E-state index in [0.717, 1.165) is 4.90 Å². The first-order valence-electron chi connectivity index (χ1n) is 7.55. The number of alkyl halides is 3. The third-order valence-electron chi connectivity index (χ3n) is 3.88. The van der Waals surface area contributed by atoms with Crippen molar-refractivity contribution in [3.8, 4) is 5.75 Å². The van der Waals surface area contributed by atoms with Gasteiger partial charge in [0, 0.05) is 18.1 Å². The molecule has 5 nitrogen and oxygen atoms in total. The van der Waals surface area contributed by atoms with Crippen LogP contribution < -0.4 is 4.74 Å². The molecule has 25 heavy (non-hydrogen) atoms. The third kappa shape index (κ3) is 4.36. The van der Waals surface area contributed by atoms with E-state index >= 15 is 0 Å². The lowest BCUT2D eigenvalue weighted by atomic mass is 9.96. The zero-order chi connectivity index (χ0) is 18.9. The number of hydrogen-bond donors (Lipinski definition) is 1. The highest BCUT2D eigenvalue weighted by Gasteiger charge is 2.53. The molecule has 1 aliphatic rings. The van der Waals surface area contributed by atoms with E-state index in [1.807, 2.05) is 0 Å². The van der Waals surface area contributed by atoms with Gasteiger partial charge in [0.2, 0.25) is 0 Å². The minimum atomic E-state index is -4.70. The van der Waals surface area contributed by atoms with Crippen molar-refractivity contribution < 1.29 is 32.6 Å². The van der Waals surface area contributed by atoms with Crippen LogP contribution in [-0.4, -0.2) is 47.3 Å². The number of halogens is 4. The summed E-state index contributed by atoms with van der Waals surface area (Å²) in [7, 11) is 0. The molecule has 0 spiro atoms. The summed E-state index contributed by atoms with van der Waals surface area (Å²) in [6, 6.07) is 4.26. The second-order valence-corrected chi connectivity index (χ2v) is 6.55. The third-order valence-corrected chi connectivity index (χ3v) is 4.11. The Hall–Kier alpha value is -1.96. The second kappa shape index (κ2) is 7.11. The van der Waals surface area contributed by atoms with Crippen LogP contribution in [0.5, 0.6) is 5.75 Å². The van der Waals surface area contributed by atoms with Gasteiger partial charge in [-0.25, -0.2) is 0 Å². The molecule has 1 aromatic carbocycles. The van der Waals surface area contributed by atoms with Crippen molar-refractivity contribution in [3.63, 3.8) is 0 Å². The quantitative estimate of drug-likeness (QED) is 0.870. The van der Waals surface area contributed by atoms with Crippen LogP contribution in [0.15, 0.2) is 18.2 Å². The Morgan fingerprint density at radius 2 is 1.96 bits per heavy atom. The molecule has 2 atom stereocenters. The van der Waals surface area contributed by atoms with Gasteiger partial charge in [-0.1, -0.05) is 11.6 Å². The van der Waals surface area contributed by atoms with Crippen molar-refractivity contribution in [3.05, 3.63) is 28.8 Å². The summed E-state index contributed by atoms with van der Waals surface area (Å²) >= 11 is 5.88. The molecule has 1 heterocycles. The number of rotatable bonds is 4. The Kier molecular flexibility index (Phi) is 5.51. The van der Waals surface area contributed by atoms with Gasteiger partial charge in [-0.15, -0.1) is 0 Å². The number of nitrogens with zero attached hydrogens (tertiary/aromatic N) is 1. The standard InChI is InChI=1S/C16H17ClF3NO4/c1-8(2)25-13-4-3-9(17)5-10(13)14(22)21-6-11(15(23)24)12(7-21)16(18,19)20/h3-5,8,11-12H,6-7H2,1-2H3,(H,23,24)/t11-,12-/m1/s1. The van der Waals surface area contributed by atoms with Gasteiger partial charge < -0.3 is 14.7 Å². The summed E-state index contributed by atoms with van der Waals surface area (Å²) < 4.78 is 44.7. The molecule has 0 radical (unpaired) electrons. The minimum Gasteiger partial charge on any atom is -0.490 e. The minimum absolute atomic E-state index is 0.00756. The number of amides is 1. The van der Waals surface area contributed by atoms with Gasteiger partial charge in [0.15, 0.2) is 0 Å². The van der Waals surface area contributed by atoms with Crippen LogP contribution in [0.25, 0.3) is 0 Å². The fourth-order valence-corrected chi connectivity index (χ4v) is 2.92. The van der Waals surface area contributed by atoms with Gasteiger partial charge in [0.25, 0.3) is 5.91 Å². The Balaban J connectivity index is 2.32. The van der Waals surface area contributed by atoms with Crippen LogP contribution >= 0.6 is 11.6 Å². The Bertz CT molecular complexity index is 678. The maximum absolute atomic E-state index is 13.1. The van der Waals surface area contributed by atoms with Crippen molar-refractivity contribution in [1.82, 2.24) is 4.90 Å². The zero-order valence-corrected chi connectivity index (χ0v) is 14.3. The molecule has 1 aliphatic heterocycles. The maximum atomic E-state index is 13.1. The number of benzene rings is 1. The predicted molar refractivity (Wildman–Crippen MR) is 83.8 cm³/mol. The molecule has 0 unspecified atom stereocenters. The normalized spacial score (nSPS) is 20.8. The van der Waals surface area contributed by atoms with Crippen LogP contribution in [-0.2, 0) is 4.79 Å². The number of aliphatic carboxylic acids is 1. The Labute approximate surface area is 147 Å². The lowest BCUT2D eigenvalue weighted by Crippen LogP contribution is -2.34. The van der Waals surface area contributed by atoms with Crippen molar-refractivity contribution in [1.29, 1.82) is 0 Å². The predicted octanol–water partition coefficient (Wildman–Crippen LogP) is 3.46. The van der Waals surface area contributed by atoms with Gasteiger partial charge in [0.1, 0.15) is 5.75 Å². The lowest BCUT2D eigenvalue weighted by Gasteiger charge is -2.20. The first kappa shape index (κ1) is 19.4. The van der Waals surface area contributed by atoms with E-state index in [9.17, 15) is 22.8 Å². The summed E-state index contributed by atoms with van der Waals surface area (Å²) in [6.45, 7) is 2.23. The van der Waals surface area contributed by atoms with E-state index in [2.05, 4.69) is 0 Å². The summed E-state index contributed by atoms with van der Waals surface area (Å²) in [5.41, 5.74) is 0.00756. The fourth-order valence-electron chi connectivity index (χ4n) is 2.75. The molecule has 0 aromatic heterocycles. The first-order valence-corrected chi connectivity index (χ1v) is 7.93. The van der Waals surface area contributed by atoms with E-state index < -0.39 is 43.0 Å². The number of ether oxygens (including phenoxy) is 1. The highest BCUT2D eigenvalue weighted by Crippen LogP contribution is 2.39. The topological polar surface area (TPSA) is 66.8 Å². The fraction of sp³-hybridized carbons (Fsp3) is 0.500. The molecule has 9 heteroatoms. The highest BCUT2D eigenvalue weighted by molar-refractivity contribution is 6.31. The maximum Gasteiger partial charge on any atom is 0.394 e. The van der Waals surface area contributed by atoms with E-state index in [0.29, 0.717) is 0 Å². The number of carboxylic acid groups (broad SMARTS) is 1. The van der Waals surface area contributed by atoms with Crippen LogP contribution in [0, 0.1) is 11.8 Å². The van der Waals surface area contributed by atoms with E-state index in [1.165, 1.54) is 18.2 Å². The van der Waals surface area contributed by atoms with Crippen LogP contribution in [0.3, 0.4) is 0 Å².